The number of nitrogens with one attached hydrogen (secondary N) is 1. The number of amides is 1. The van der Waals surface area contributed by atoms with Gasteiger partial charge in [0.15, 0.2) is 0 Å². The summed E-state index contributed by atoms with van der Waals surface area (Å²) in [5.41, 5.74) is 7.09. The first kappa shape index (κ1) is 18.5. The second kappa shape index (κ2) is 8.44. The first-order valence-corrected chi connectivity index (χ1v) is 9.37. The Morgan fingerprint density at radius 2 is 1.71 bits per heavy atom. The number of ether oxygens (including phenoxy) is 2. The number of nitrogens with two attached hydrogens (primary N) is 1. The molecule has 2 saturated heterocycles. The van der Waals surface area contributed by atoms with Crippen LogP contribution in [0.1, 0.15) is 23.2 Å². The standard InChI is InChI=1S/C18H23N7O3/c19-17-20-9-12(10-21-17)15-14(16(26)23-13-1-5-27-6-2-13)11-22-18(24-15)25-3-7-28-8-4-25/h9-11,13H,1-8H2,(H,23,26)(H2,19,20,21). The van der Waals surface area contributed by atoms with Crippen molar-refractivity contribution in [1.29, 1.82) is 0 Å². The van der Waals surface area contributed by atoms with Crippen molar-refractivity contribution in [1.82, 2.24) is 25.3 Å². The van der Waals surface area contributed by atoms with E-state index in [-0.39, 0.29) is 17.9 Å². The maximum atomic E-state index is 12.9. The van der Waals surface area contributed by atoms with Crippen LogP contribution in [-0.2, 0) is 9.47 Å². The first-order chi connectivity index (χ1) is 13.7. The average molecular weight is 385 g/mol. The lowest BCUT2D eigenvalue weighted by Gasteiger charge is -2.27. The van der Waals surface area contributed by atoms with Crippen molar-refractivity contribution in [3.05, 3.63) is 24.2 Å². The Bertz CT molecular complexity index is 818. The van der Waals surface area contributed by atoms with E-state index in [4.69, 9.17) is 15.2 Å². The van der Waals surface area contributed by atoms with E-state index < -0.39 is 0 Å². The largest absolute Gasteiger partial charge is 0.381 e. The Morgan fingerprint density at radius 3 is 2.43 bits per heavy atom. The van der Waals surface area contributed by atoms with Crippen LogP contribution in [0.4, 0.5) is 11.9 Å². The number of anilines is 2. The van der Waals surface area contributed by atoms with Gasteiger partial charge in [0, 0.05) is 56.5 Å². The van der Waals surface area contributed by atoms with Gasteiger partial charge in [-0.25, -0.2) is 19.9 Å². The van der Waals surface area contributed by atoms with Gasteiger partial charge in [-0.15, -0.1) is 0 Å². The molecule has 2 aliphatic heterocycles. The second-order valence-corrected chi connectivity index (χ2v) is 6.72. The SMILES string of the molecule is Nc1ncc(-c2nc(N3CCOCC3)ncc2C(=O)NC2CCOCC2)cn1. The van der Waals surface area contributed by atoms with E-state index in [2.05, 4.69) is 25.3 Å². The molecule has 0 unspecified atom stereocenters. The third kappa shape index (κ3) is 4.18. The topological polar surface area (TPSA) is 128 Å². The number of aromatic nitrogens is 4. The zero-order chi connectivity index (χ0) is 19.3. The molecule has 1 amide bonds. The summed E-state index contributed by atoms with van der Waals surface area (Å²) in [5.74, 6) is 0.504. The molecule has 2 fully saturated rings. The molecule has 0 aromatic carbocycles. The van der Waals surface area contributed by atoms with Gasteiger partial charge in [-0.05, 0) is 12.8 Å². The lowest BCUT2D eigenvalue weighted by Crippen LogP contribution is -2.40. The van der Waals surface area contributed by atoms with Crippen molar-refractivity contribution in [3.63, 3.8) is 0 Å². The molecule has 0 spiro atoms. The predicted octanol–water partition coefficient (Wildman–Crippen LogP) is 0.261. The van der Waals surface area contributed by atoms with E-state index in [1.54, 1.807) is 18.6 Å². The van der Waals surface area contributed by atoms with Crippen LogP contribution in [0.5, 0.6) is 0 Å². The van der Waals surface area contributed by atoms with Crippen LogP contribution in [-0.4, -0.2) is 71.4 Å². The summed E-state index contributed by atoms with van der Waals surface area (Å²) in [6.45, 7) is 3.94. The van der Waals surface area contributed by atoms with Crippen molar-refractivity contribution in [2.75, 3.05) is 50.2 Å². The Hall–Kier alpha value is -2.85. The number of hydrogen-bond acceptors (Lipinski definition) is 9. The summed E-state index contributed by atoms with van der Waals surface area (Å²) in [5, 5.41) is 3.06. The van der Waals surface area contributed by atoms with E-state index in [1.807, 2.05) is 4.90 Å². The summed E-state index contributed by atoms with van der Waals surface area (Å²) < 4.78 is 10.7. The molecule has 0 radical (unpaired) electrons. The van der Waals surface area contributed by atoms with Gasteiger partial charge < -0.3 is 25.4 Å². The average Bonchev–Trinajstić information content (AvgIpc) is 2.75. The predicted molar refractivity (Wildman–Crippen MR) is 102 cm³/mol. The molecule has 2 aromatic rings. The van der Waals surface area contributed by atoms with Crippen molar-refractivity contribution >= 4 is 17.8 Å². The number of carbonyl (C=O) groups excluding carboxylic acids is 1. The minimum Gasteiger partial charge on any atom is -0.381 e. The van der Waals surface area contributed by atoms with Crippen molar-refractivity contribution < 1.29 is 14.3 Å². The minimum atomic E-state index is -0.216. The quantitative estimate of drug-likeness (QED) is 0.761. The van der Waals surface area contributed by atoms with E-state index in [0.29, 0.717) is 62.3 Å². The molecule has 4 rings (SSSR count). The van der Waals surface area contributed by atoms with Crippen LogP contribution in [0.2, 0.25) is 0 Å². The van der Waals surface area contributed by atoms with E-state index in [0.717, 1.165) is 12.8 Å². The molecule has 4 heterocycles. The highest BCUT2D eigenvalue weighted by Crippen LogP contribution is 2.23. The Morgan fingerprint density at radius 1 is 1.04 bits per heavy atom. The molecular weight excluding hydrogens is 362 g/mol. The molecule has 10 heteroatoms. The lowest BCUT2D eigenvalue weighted by atomic mass is 10.1. The fraction of sp³-hybridized carbons (Fsp3) is 0.500. The highest BCUT2D eigenvalue weighted by molar-refractivity contribution is 5.99. The highest BCUT2D eigenvalue weighted by Gasteiger charge is 2.23. The smallest absolute Gasteiger partial charge is 0.255 e. The van der Waals surface area contributed by atoms with Crippen molar-refractivity contribution in [3.8, 4) is 11.3 Å². The summed E-state index contributed by atoms with van der Waals surface area (Å²) in [6.07, 6.45) is 6.29. The molecule has 0 saturated carbocycles. The Labute approximate surface area is 162 Å². The maximum Gasteiger partial charge on any atom is 0.255 e. The summed E-state index contributed by atoms with van der Waals surface area (Å²) in [7, 11) is 0. The van der Waals surface area contributed by atoms with Crippen LogP contribution in [0.3, 0.4) is 0 Å². The Kier molecular flexibility index (Phi) is 5.58. The molecule has 2 aromatic heterocycles. The number of rotatable bonds is 4. The van der Waals surface area contributed by atoms with E-state index >= 15 is 0 Å². The summed E-state index contributed by atoms with van der Waals surface area (Å²) in [6, 6.07) is 0.0793. The van der Waals surface area contributed by atoms with Crippen LogP contribution in [0, 0.1) is 0 Å². The van der Waals surface area contributed by atoms with Gasteiger partial charge in [0.25, 0.3) is 5.91 Å². The fourth-order valence-corrected chi connectivity index (χ4v) is 3.24. The number of morpholine rings is 1. The molecule has 28 heavy (non-hydrogen) atoms. The number of carbonyl (C=O) groups is 1. The highest BCUT2D eigenvalue weighted by atomic mass is 16.5. The monoisotopic (exact) mass is 385 g/mol. The normalized spacial score (nSPS) is 18.1. The molecule has 2 aliphatic rings. The summed E-state index contributed by atoms with van der Waals surface area (Å²) >= 11 is 0. The van der Waals surface area contributed by atoms with Crippen molar-refractivity contribution in [2.24, 2.45) is 0 Å². The Balaban J connectivity index is 1.65. The van der Waals surface area contributed by atoms with Gasteiger partial charge in [0.05, 0.1) is 24.5 Å². The van der Waals surface area contributed by atoms with Crippen LogP contribution in [0.25, 0.3) is 11.3 Å². The third-order valence-electron chi connectivity index (χ3n) is 4.82. The molecule has 3 N–H and O–H groups in total. The molecule has 0 bridgehead atoms. The van der Waals surface area contributed by atoms with Gasteiger partial charge in [0.2, 0.25) is 11.9 Å². The van der Waals surface area contributed by atoms with Gasteiger partial charge in [-0.1, -0.05) is 0 Å². The third-order valence-corrected chi connectivity index (χ3v) is 4.82. The molecule has 148 valence electrons. The van der Waals surface area contributed by atoms with Crippen LogP contribution in [0.15, 0.2) is 18.6 Å². The van der Waals surface area contributed by atoms with Crippen LogP contribution < -0.4 is 16.0 Å². The lowest BCUT2D eigenvalue weighted by molar-refractivity contribution is 0.0696. The molecule has 10 nitrogen and oxygen atoms in total. The number of nitrogens with zero attached hydrogens (tertiary/aromatic N) is 5. The number of hydrogen-bond donors (Lipinski definition) is 2. The van der Waals surface area contributed by atoms with Crippen molar-refractivity contribution in [2.45, 2.75) is 18.9 Å². The molecule has 0 atom stereocenters. The van der Waals surface area contributed by atoms with E-state index in [1.165, 1.54) is 0 Å². The second-order valence-electron chi connectivity index (χ2n) is 6.72. The summed E-state index contributed by atoms with van der Waals surface area (Å²) in [4.78, 5) is 32.1. The number of nitrogen functional groups attached to an aromatic ring is 1. The van der Waals surface area contributed by atoms with E-state index in [9.17, 15) is 4.79 Å². The van der Waals surface area contributed by atoms with Gasteiger partial charge in [-0.3, -0.25) is 4.79 Å². The maximum absolute atomic E-state index is 12.9. The molecule has 0 aliphatic carbocycles. The fourth-order valence-electron chi connectivity index (χ4n) is 3.24. The van der Waals surface area contributed by atoms with Crippen LogP contribution >= 0.6 is 0 Å². The van der Waals surface area contributed by atoms with Gasteiger partial charge >= 0.3 is 0 Å². The minimum absolute atomic E-state index is 0.0793. The van der Waals surface area contributed by atoms with Gasteiger partial charge in [0.1, 0.15) is 0 Å². The first-order valence-electron chi connectivity index (χ1n) is 9.37. The zero-order valence-electron chi connectivity index (χ0n) is 15.5. The molecular formula is C18H23N7O3. The zero-order valence-corrected chi connectivity index (χ0v) is 15.5. The van der Waals surface area contributed by atoms with Gasteiger partial charge in [-0.2, -0.15) is 0 Å².